The summed E-state index contributed by atoms with van der Waals surface area (Å²) >= 11 is 0. The Labute approximate surface area is 164 Å². The third-order valence-electron chi connectivity index (χ3n) is 4.88. The van der Waals surface area contributed by atoms with Crippen LogP contribution in [0, 0.1) is 0 Å². The molecule has 1 aromatic heterocycles. The number of amides is 1. The minimum Gasteiger partial charge on any atom is -0.354 e. The lowest BCUT2D eigenvalue weighted by molar-refractivity contribution is 0.102. The lowest BCUT2D eigenvalue weighted by Crippen LogP contribution is -2.46. The van der Waals surface area contributed by atoms with E-state index in [9.17, 15) is 4.79 Å². The van der Waals surface area contributed by atoms with Crippen molar-refractivity contribution >= 4 is 17.5 Å². The molecule has 2 heterocycles. The highest BCUT2D eigenvalue weighted by molar-refractivity contribution is 6.03. The number of piperazine rings is 1. The summed E-state index contributed by atoms with van der Waals surface area (Å²) in [6.45, 7) is 4.72. The molecule has 0 saturated carbocycles. The van der Waals surface area contributed by atoms with Crippen molar-refractivity contribution < 1.29 is 4.79 Å². The Morgan fingerprint density at radius 1 is 0.893 bits per heavy atom. The fourth-order valence-electron chi connectivity index (χ4n) is 3.34. The van der Waals surface area contributed by atoms with Gasteiger partial charge in [0.2, 0.25) is 0 Å². The number of nitrogens with one attached hydrogen (secondary N) is 1. The van der Waals surface area contributed by atoms with E-state index >= 15 is 0 Å². The first-order chi connectivity index (χ1) is 13.8. The van der Waals surface area contributed by atoms with Crippen LogP contribution in [0.1, 0.15) is 15.9 Å². The van der Waals surface area contributed by atoms with Crippen molar-refractivity contribution in [2.45, 2.75) is 6.54 Å². The van der Waals surface area contributed by atoms with Gasteiger partial charge in [0, 0.05) is 44.4 Å². The molecule has 3 aromatic rings. The molecule has 0 spiro atoms. The molecule has 142 valence electrons. The van der Waals surface area contributed by atoms with Gasteiger partial charge in [-0.3, -0.25) is 9.69 Å². The summed E-state index contributed by atoms with van der Waals surface area (Å²) in [6.07, 6.45) is 1.51. The Hall–Kier alpha value is -3.25. The molecular weight excluding hydrogens is 350 g/mol. The Morgan fingerprint density at radius 3 is 2.29 bits per heavy atom. The highest BCUT2D eigenvalue weighted by atomic mass is 16.1. The first kappa shape index (κ1) is 18.1. The number of nitrogens with zero attached hydrogens (tertiary/aromatic N) is 4. The summed E-state index contributed by atoms with van der Waals surface area (Å²) in [5, 5.41) is 2.85. The summed E-state index contributed by atoms with van der Waals surface area (Å²) in [5.74, 6) is 1.20. The molecule has 6 heteroatoms. The van der Waals surface area contributed by atoms with Crippen LogP contribution < -0.4 is 10.2 Å². The summed E-state index contributed by atoms with van der Waals surface area (Å²) < 4.78 is 0. The van der Waals surface area contributed by atoms with Crippen LogP contribution in [-0.4, -0.2) is 47.0 Å². The summed E-state index contributed by atoms with van der Waals surface area (Å²) in [4.78, 5) is 25.6. The maximum absolute atomic E-state index is 12.3. The molecule has 1 N–H and O–H groups in total. The minimum atomic E-state index is -0.169. The monoisotopic (exact) mass is 373 g/mol. The van der Waals surface area contributed by atoms with Gasteiger partial charge in [0.05, 0.1) is 0 Å². The molecule has 4 rings (SSSR count). The van der Waals surface area contributed by atoms with E-state index in [0.29, 0.717) is 11.4 Å². The minimum absolute atomic E-state index is 0.169. The zero-order valence-corrected chi connectivity index (χ0v) is 15.7. The molecule has 0 unspecified atom stereocenters. The number of anilines is 2. The maximum atomic E-state index is 12.3. The first-order valence-corrected chi connectivity index (χ1v) is 9.47. The van der Waals surface area contributed by atoms with Gasteiger partial charge in [0.1, 0.15) is 18.0 Å². The van der Waals surface area contributed by atoms with E-state index in [1.54, 1.807) is 12.1 Å². The largest absolute Gasteiger partial charge is 0.354 e. The highest BCUT2D eigenvalue weighted by Gasteiger charge is 2.19. The van der Waals surface area contributed by atoms with Gasteiger partial charge in [0.25, 0.3) is 5.91 Å². The molecule has 0 bridgehead atoms. The van der Waals surface area contributed by atoms with E-state index in [2.05, 4.69) is 49.4 Å². The van der Waals surface area contributed by atoms with Gasteiger partial charge in [-0.1, -0.05) is 48.5 Å². The van der Waals surface area contributed by atoms with Crippen LogP contribution in [0.2, 0.25) is 0 Å². The zero-order valence-electron chi connectivity index (χ0n) is 15.7. The van der Waals surface area contributed by atoms with Crippen molar-refractivity contribution in [3.63, 3.8) is 0 Å². The molecule has 0 radical (unpaired) electrons. The molecular formula is C22H23N5O. The number of hydrogen-bond acceptors (Lipinski definition) is 5. The lowest BCUT2D eigenvalue weighted by atomic mass is 10.2. The number of aromatic nitrogens is 2. The number of carbonyl (C=O) groups excluding carboxylic acids is 1. The van der Waals surface area contributed by atoms with Crippen LogP contribution in [0.25, 0.3) is 0 Å². The normalized spacial score (nSPS) is 14.6. The maximum Gasteiger partial charge on any atom is 0.256 e. The predicted octanol–water partition coefficient (Wildman–Crippen LogP) is 3.05. The Morgan fingerprint density at radius 2 is 1.57 bits per heavy atom. The van der Waals surface area contributed by atoms with Crippen molar-refractivity contribution in [1.29, 1.82) is 0 Å². The van der Waals surface area contributed by atoms with E-state index < -0.39 is 0 Å². The Kier molecular flexibility index (Phi) is 5.58. The van der Waals surface area contributed by atoms with Gasteiger partial charge < -0.3 is 10.2 Å². The van der Waals surface area contributed by atoms with Crippen LogP contribution >= 0.6 is 0 Å². The molecule has 1 fully saturated rings. The second-order valence-electron chi connectivity index (χ2n) is 6.83. The van der Waals surface area contributed by atoms with Gasteiger partial charge in [-0.15, -0.1) is 0 Å². The topological polar surface area (TPSA) is 61.4 Å². The standard InChI is InChI=1S/C22H23N5O/c28-22(19-9-5-2-6-10-19)25-20-15-21(24-17-23-20)27-13-11-26(12-14-27)16-18-7-3-1-4-8-18/h1-10,15,17H,11-14,16H2,(H,23,24,25,28). The summed E-state index contributed by atoms with van der Waals surface area (Å²) in [5.41, 5.74) is 1.95. The van der Waals surface area contributed by atoms with Gasteiger partial charge in [0.15, 0.2) is 0 Å². The van der Waals surface area contributed by atoms with E-state index in [-0.39, 0.29) is 5.91 Å². The highest BCUT2D eigenvalue weighted by Crippen LogP contribution is 2.18. The third kappa shape index (κ3) is 4.53. The van der Waals surface area contributed by atoms with Crippen molar-refractivity contribution in [2.75, 3.05) is 36.4 Å². The molecule has 1 saturated heterocycles. The number of rotatable bonds is 5. The quantitative estimate of drug-likeness (QED) is 0.745. The fraction of sp³-hybridized carbons (Fsp3) is 0.227. The Balaban J connectivity index is 1.35. The second kappa shape index (κ2) is 8.63. The fourth-order valence-corrected chi connectivity index (χ4v) is 3.34. The van der Waals surface area contributed by atoms with Crippen LogP contribution in [-0.2, 0) is 6.54 Å². The molecule has 28 heavy (non-hydrogen) atoms. The molecule has 1 aliphatic rings. The molecule has 2 aromatic carbocycles. The number of carbonyl (C=O) groups is 1. The SMILES string of the molecule is O=C(Nc1cc(N2CCN(Cc3ccccc3)CC2)ncn1)c1ccccc1. The number of benzene rings is 2. The smallest absolute Gasteiger partial charge is 0.256 e. The third-order valence-corrected chi connectivity index (χ3v) is 4.88. The average molecular weight is 373 g/mol. The van der Waals surface area contributed by atoms with Crippen molar-refractivity contribution in [1.82, 2.24) is 14.9 Å². The van der Waals surface area contributed by atoms with Crippen LogP contribution in [0.3, 0.4) is 0 Å². The van der Waals surface area contributed by atoms with Crippen molar-refractivity contribution in [3.05, 3.63) is 84.2 Å². The van der Waals surface area contributed by atoms with E-state index in [0.717, 1.165) is 38.5 Å². The molecule has 1 amide bonds. The Bertz CT molecular complexity index is 908. The second-order valence-corrected chi connectivity index (χ2v) is 6.83. The summed E-state index contributed by atoms with van der Waals surface area (Å²) in [7, 11) is 0. The van der Waals surface area contributed by atoms with Crippen molar-refractivity contribution in [3.8, 4) is 0 Å². The molecule has 0 aliphatic carbocycles. The van der Waals surface area contributed by atoms with Crippen molar-refractivity contribution in [2.24, 2.45) is 0 Å². The number of hydrogen-bond donors (Lipinski definition) is 1. The van der Waals surface area contributed by atoms with Crippen LogP contribution in [0.5, 0.6) is 0 Å². The average Bonchev–Trinajstić information content (AvgIpc) is 2.76. The van der Waals surface area contributed by atoms with Gasteiger partial charge in [-0.05, 0) is 17.7 Å². The van der Waals surface area contributed by atoms with E-state index in [1.807, 2.05) is 30.3 Å². The van der Waals surface area contributed by atoms with E-state index in [4.69, 9.17) is 0 Å². The van der Waals surface area contributed by atoms with Crippen LogP contribution in [0.4, 0.5) is 11.6 Å². The molecule has 6 nitrogen and oxygen atoms in total. The van der Waals surface area contributed by atoms with Gasteiger partial charge in [-0.25, -0.2) is 9.97 Å². The molecule has 1 aliphatic heterocycles. The lowest BCUT2D eigenvalue weighted by Gasteiger charge is -2.35. The first-order valence-electron chi connectivity index (χ1n) is 9.47. The summed E-state index contributed by atoms with van der Waals surface area (Å²) in [6, 6.07) is 21.5. The van der Waals surface area contributed by atoms with Crippen LogP contribution in [0.15, 0.2) is 73.1 Å². The van der Waals surface area contributed by atoms with Gasteiger partial charge >= 0.3 is 0 Å². The van der Waals surface area contributed by atoms with Gasteiger partial charge in [-0.2, -0.15) is 0 Å². The van der Waals surface area contributed by atoms with E-state index in [1.165, 1.54) is 11.9 Å². The molecule has 0 atom stereocenters. The predicted molar refractivity (Wildman–Crippen MR) is 110 cm³/mol. The zero-order chi connectivity index (χ0) is 19.2.